The summed E-state index contributed by atoms with van der Waals surface area (Å²) in [5.74, 6) is 1.27. The molecule has 0 atom stereocenters. The van der Waals surface area contributed by atoms with Gasteiger partial charge in [0.05, 0.1) is 41.0 Å². The van der Waals surface area contributed by atoms with Crippen LogP contribution in [0.25, 0.3) is 22.3 Å². The van der Waals surface area contributed by atoms with E-state index in [1.807, 2.05) is 48.5 Å². The van der Waals surface area contributed by atoms with Crippen molar-refractivity contribution in [2.45, 2.75) is 0 Å². The van der Waals surface area contributed by atoms with Crippen LogP contribution in [0.15, 0.2) is 76.6 Å². The fourth-order valence-electron chi connectivity index (χ4n) is 4.12. The molecule has 1 amide bonds. The number of aromatic nitrogens is 2. The Hall–Kier alpha value is -3.77. The molecule has 0 N–H and O–H groups in total. The van der Waals surface area contributed by atoms with Crippen molar-refractivity contribution in [3.8, 4) is 22.9 Å². The summed E-state index contributed by atoms with van der Waals surface area (Å²) in [5.41, 5.74) is 1.80. The highest BCUT2D eigenvalue weighted by Gasteiger charge is 2.19. The Morgan fingerprint density at radius 1 is 1.11 bits per heavy atom. The van der Waals surface area contributed by atoms with Gasteiger partial charge >= 0.3 is 0 Å². The number of methoxy groups -OCH3 is 1. The fraction of sp³-hybridized carbons (Fsp3) is 0.214. The number of amides is 1. The number of benzene rings is 3. The lowest BCUT2D eigenvalue weighted by Gasteiger charge is -2.27. The van der Waals surface area contributed by atoms with Gasteiger partial charge in [0.15, 0.2) is 23.9 Å². The number of rotatable bonds is 7. The molecule has 1 aliphatic heterocycles. The molecule has 0 bridgehead atoms. The average Bonchev–Trinajstić information content (AvgIpc) is 2.96. The van der Waals surface area contributed by atoms with E-state index in [-0.39, 0.29) is 18.1 Å². The zero-order valence-electron chi connectivity index (χ0n) is 20.7. The van der Waals surface area contributed by atoms with Crippen molar-refractivity contribution in [3.05, 3.63) is 86.2 Å². The highest BCUT2D eigenvalue weighted by molar-refractivity contribution is 14.1. The molecule has 1 aliphatic rings. The van der Waals surface area contributed by atoms with Gasteiger partial charge in [-0.3, -0.25) is 9.59 Å². The lowest BCUT2D eigenvalue weighted by molar-refractivity contribution is -0.137. The average molecular weight is 624 g/mol. The molecule has 0 spiro atoms. The lowest BCUT2D eigenvalue weighted by atomic mass is 10.2. The van der Waals surface area contributed by atoms with E-state index < -0.39 is 0 Å². The number of nitrogens with zero attached hydrogens (tertiary/aromatic N) is 4. The summed E-state index contributed by atoms with van der Waals surface area (Å²) in [4.78, 5) is 32.4. The highest BCUT2D eigenvalue weighted by atomic mass is 127. The second kappa shape index (κ2) is 11.7. The Labute approximate surface area is 232 Å². The molecule has 194 valence electrons. The molecule has 0 radical (unpaired) electrons. The third kappa shape index (κ3) is 5.55. The van der Waals surface area contributed by atoms with Crippen LogP contribution in [0.4, 0.5) is 0 Å². The Bertz CT molecular complexity index is 1550. The Morgan fingerprint density at radius 3 is 2.61 bits per heavy atom. The quantitative estimate of drug-likeness (QED) is 0.230. The van der Waals surface area contributed by atoms with Gasteiger partial charge in [-0.1, -0.05) is 42.5 Å². The third-order valence-corrected chi connectivity index (χ3v) is 6.86. The molecule has 38 heavy (non-hydrogen) atoms. The van der Waals surface area contributed by atoms with Gasteiger partial charge in [0.25, 0.3) is 11.5 Å². The summed E-state index contributed by atoms with van der Waals surface area (Å²) in [6.45, 7) is 2.07. The van der Waals surface area contributed by atoms with Crippen molar-refractivity contribution in [1.29, 1.82) is 0 Å². The number of para-hydroxylation sites is 1. The van der Waals surface area contributed by atoms with Crippen LogP contribution in [-0.4, -0.2) is 66.7 Å². The molecule has 1 fully saturated rings. The van der Waals surface area contributed by atoms with E-state index in [1.165, 1.54) is 11.8 Å². The number of halogens is 1. The molecule has 4 aromatic rings. The van der Waals surface area contributed by atoms with Crippen LogP contribution in [0.2, 0.25) is 0 Å². The molecule has 0 saturated carbocycles. The van der Waals surface area contributed by atoms with Gasteiger partial charge in [-0.2, -0.15) is 9.78 Å². The van der Waals surface area contributed by atoms with E-state index in [9.17, 15) is 9.59 Å². The first-order valence-electron chi connectivity index (χ1n) is 12.0. The SMILES string of the molecule is COc1cc(C=Nn2c(-c3ccccc3)nc3ccccc3c2=O)cc(I)c1OCC(=O)N1CCOCC1. The van der Waals surface area contributed by atoms with E-state index in [0.717, 1.165) is 9.13 Å². The molecular formula is C28H25IN4O5. The van der Waals surface area contributed by atoms with Gasteiger partial charge in [0, 0.05) is 18.7 Å². The monoisotopic (exact) mass is 624 g/mol. The van der Waals surface area contributed by atoms with Crippen molar-refractivity contribution < 1.29 is 19.0 Å². The zero-order chi connectivity index (χ0) is 26.5. The van der Waals surface area contributed by atoms with Gasteiger partial charge in [-0.15, -0.1) is 0 Å². The van der Waals surface area contributed by atoms with Crippen LogP contribution in [0.5, 0.6) is 11.5 Å². The van der Waals surface area contributed by atoms with Crippen LogP contribution in [0.1, 0.15) is 5.56 Å². The second-order valence-electron chi connectivity index (χ2n) is 8.50. The fourth-order valence-corrected chi connectivity index (χ4v) is 4.90. The summed E-state index contributed by atoms with van der Waals surface area (Å²) in [6, 6.07) is 20.3. The van der Waals surface area contributed by atoms with Crippen molar-refractivity contribution >= 4 is 45.6 Å². The maximum absolute atomic E-state index is 13.4. The van der Waals surface area contributed by atoms with E-state index in [1.54, 1.807) is 29.3 Å². The smallest absolute Gasteiger partial charge is 0.282 e. The van der Waals surface area contributed by atoms with Gasteiger partial charge in [-0.05, 0) is 52.4 Å². The summed E-state index contributed by atoms with van der Waals surface area (Å²) in [5, 5.41) is 5.01. The molecule has 1 saturated heterocycles. The maximum Gasteiger partial charge on any atom is 0.282 e. The molecule has 0 unspecified atom stereocenters. The standard InChI is InChI=1S/C28H25IN4O5/c1-36-24-16-19(15-22(29)26(24)38-18-25(34)32-11-13-37-14-12-32)17-30-33-27(20-7-3-2-4-8-20)31-23-10-6-5-9-21(23)28(33)35/h2-10,15-17H,11-14,18H2,1H3. The predicted molar refractivity (Wildman–Crippen MR) is 153 cm³/mol. The van der Waals surface area contributed by atoms with Crippen LogP contribution < -0.4 is 15.0 Å². The normalized spacial score (nSPS) is 13.7. The molecule has 5 rings (SSSR count). The number of fused-ring (bicyclic) bond motifs is 1. The zero-order valence-corrected chi connectivity index (χ0v) is 22.8. The number of ether oxygens (including phenoxy) is 3. The number of morpholine rings is 1. The summed E-state index contributed by atoms with van der Waals surface area (Å²) >= 11 is 2.13. The minimum absolute atomic E-state index is 0.0988. The van der Waals surface area contributed by atoms with Crippen LogP contribution in [0.3, 0.4) is 0 Å². The van der Waals surface area contributed by atoms with E-state index in [2.05, 4.69) is 27.7 Å². The molecular weight excluding hydrogens is 599 g/mol. The number of carbonyl (C=O) groups is 1. The van der Waals surface area contributed by atoms with Gasteiger partial charge in [0.1, 0.15) is 0 Å². The number of hydrogen-bond acceptors (Lipinski definition) is 7. The van der Waals surface area contributed by atoms with Crippen molar-refractivity contribution in [3.63, 3.8) is 0 Å². The van der Waals surface area contributed by atoms with E-state index >= 15 is 0 Å². The predicted octanol–water partition coefficient (Wildman–Crippen LogP) is 3.80. The Balaban J connectivity index is 1.46. The minimum Gasteiger partial charge on any atom is -0.493 e. The Morgan fingerprint density at radius 2 is 1.84 bits per heavy atom. The van der Waals surface area contributed by atoms with Gasteiger partial charge < -0.3 is 19.1 Å². The largest absolute Gasteiger partial charge is 0.493 e. The van der Waals surface area contributed by atoms with Crippen molar-refractivity contribution in [1.82, 2.24) is 14.6 Å². The first kappa shape index (κ1) is 25.9. The van der Waals surface area contributed by atoms with Crippen LogP contribution >= 0.6 is 22.6 Å². The highest BCUT2D eigenvalue weighted by Crippen LogP contribution is 2.33. The van der Waals surface area contributed by atoms with Crippen LogP contribution in [-0.2, 0) is 9.53 Å². The van der Waals surface area contributed by atoms with Gasteiger partial charge in [-0.25, -0.2) is 4.98 Å². The van der Waals surface area contributed by atoms with E-state index in [0.29, 0.717) is 60.1 Å². The minimum atomic E-state index is -0.269. The topological polar surface area (TPSA) is 95.2 Å². The molecule has 9 nitrogen and oxygen atoms in total. The number of hydrogen-bond donors (Lipinski definition) is 0. The molecule has 2 heterocycles. The van der Waals surface area contributed by atoms with Gasteiger partial charge in [0.2, 0.25) is 0 Å². The first-order chi connectivity index (χ1) is 18.5. The van der Waals surface area contributed by atoms with E-state index in [4.69, 9.17) is 19.2 Å². The van der Waals surface area contributed by atoms with Crippen LogP contribution in [0, 0.1) is 3.57 Å². The number of carbonyl (C=O) groups excluding carboxylic acids is 1. The first-order valence-corrected chi connectivity index (χ1v) is 13.1. The lowest BCUT2D eigenvalue weighted by Crippen LogP contribution is -2.43. The maximum atomic E-state index is 13.4. The molecule has 10 heteroatoms. The summed E-state index contributed by atoms with van der Waals surface area (Å²) in [6.07, 6.45) is 1.58. The Kier molecular flexibility index (Phi) is 7.99. The molecule has 0 aliphatic carbocycles. The van der Waals surface area contributed by atoms with Crippen molar-refractivity contribution in [2.24, 2.45) is 5.10 Å². The summed E-state index contributed by atoms with van der Waals surface area (Å²) < 4.78 is 18.8. The van der Waals surface area contributed by atoms with Crippen molar-refractivity contribution in [2.75, 3.05) is 40.0 Å². The second-order valence-corrected chi connectivity index (χ2v) is 9.66. The molecule has 1 aromatic heterocycles. The summed E-state index contributed by atoms with van der Waals surface area (Å²) in [7, 11) is 1.54. The third-order valence-electron chi connectivity index (χ3n) is 6.06. The molecule has 3 aromatic carbocycles.